The van der Waals surface area contributed by atoms with Crippen molar-refractivity contribution >= 4 is 9.84 Å². The quantitative estimate of drug-likeness (QED) is 0.791. The molecule has 0 aliphatic heterocycles. The van der Waals surface area contributed by atoms with E-state index in [9.17, 15) is 12.8 Å². The molecular formula is C14H13FO3S. The van der Waals surface area contributed by atoms with Gasteiger partial charge in [0.05, 0.1) is 11.5 Å². The summed E-state index contributed by atoms with van der Waals surface area (Å²) >= 11 is 0. The fraction of sp³-hybridized carbons (Fsp3) is 0.143. The van der Waals surface area contributed by atoms with Crippen molar-refractivity contribution in [2.45, 2.75) is 11.5 Å². The standard InChI is InChI=1S/C14H13FO3S/c15-13-6-8-14(9-7-13)19(16,17)11-18-10-12-4-2-1-3-5-12/h1-9H,10-11H2. The van der Waals surface area contributed by atoms with Gasteiger partial charge >= 0.3 is 0 Å². The van der Waals surface area contributed by atoms with Crippen LogP contribution in [0.3, 0.4) is 0 Å². The minimum Gasteiger partial charge on any atom is -0.360 e. The lowest BCUT2D eigenvalue weighted by Crippen LogP contribution is -2.10. The van der Waals surface area contributed by atoms with Crippen molar-refractivity contribution in [1.82, 2.24) is 0 Å². The highest BCUT2D eigenvalue weighted by Crippen LogP contribution is 2.13. The van der Waals surface area contributed by atoms with Gasteiger partial charge in [0.15, 0.2) is 5.94 Å². The van der Waals surface area contributed by atoms with E-state index >= 15 is 0 Å². The molecule has 5 heteroatoms. The van der Waals surface area contributed by atoms with Gasteiger partial charge in [0, 0.05) is 0 Å². The van der Waals surface area contributed by atoms with Crippen molar-refractivity contribution in [3.63, 3.8) is 0 Å². The molecule has 100 valence electrons. The van der Waals surface area contributed by atoms with Gasteiger partial charge in [-0.25, -0.2) is 12.8 Å². The molecule has 0 aromatic heterocycles. The van der Waals surface area contributed by atoms with Crippen molar-refractivity contribution in [2.75, 3.05) is 5.94 Å². The Morgan fingerprint density at radius 1 is 0.947 bits per heavy atom. The zero-order valence-corrected chi connectivity index (χ0v) is 10.9. The average Bonchev–Trinajstić information content (AvgIpc) is 2.40. The Morgan fingerprint density at radius 2 is 1.58 bits per heavy atom. The van der Waals surface area contributed by atoms with E-state index in [-0.39, 0.29) is 11.5 Å². The molecule has 19 heavy (non-hydrogen) atoms. The molecule has 0 amide bonds. The lowest BCUT2D eigenvalue weighted by molar-refractivity contribution is 0.163. The summed E-state index contributed by atoms with van der Waals surface area (Å²) in [6.45, 7) is 0.223. The first-order chi connectivity index (χ1) is 9.08. The zero-order valence-electron chi connectivity index (χ0n) is 10.1. The summed E-state index contributed by atoms with van der Waals surface area (Å²) in [5.74, 6) is -0.891. The van der Waals surface area contributed by atoms with Gasteiger partial charge in [0.25, 0.3) is 0 Å². The molecule has 0 saturated heterocycles. The zero-order chi connectivity index (χ0) is 13.7. The molecule has 2 aromatic carbocycles. The molecule has 0 unspecified atom stereocenters. The summed E-state index contributed by atoms with van der Waals surface area (Å²) < 4.78 is 41.7. The van der Waals surface area contributed by atoms with E-state index < -0.39 is 21.6 Å². The van der Waals surface area contributed by atoms with Crippen LogP contribution in [0.15, 0.2) is 59.5 Å². The second kappa shape index (κ2) is 5.95. The molecule has 0 heterocycles. The number of halogens is 1. The second-order valence-electron chi connectivity index (χ2n) is 4.02. The Bertz CT molecular complexity index is 622. The lowest BCUT2D eigenvalue weighted by Gasteiger charge is -2.06. The summed E-state index contributed by atoms with van der Waals surface area (Å²) in [5, 5.41) is 0. The van der Waals surface area contributed by atoms with Gasteiger partial charge in [0.2, 0.25) is 9.84 Å². The second-order valence-corrected chi connectivity index (χ2v) is 5.96. The van der Waals surface area contributed by atoms with E-state index in [1.165, 1.54) is 12.1 Å². The third-order valence-corrected chi connectivity index (χ3v) is 3.99. The van der Waals surface area contributed by atoms with E-state index in [4.69, 9.17) is 4.74 Å². The molecule has 2 rings (SSSR count). The molecule has 0 atom stereocenters. The number of hydrogen-bond acceptors (Lipinski definition) is 3. The molecular weight excluding hydrogens is 267 g/mol. The van der Waals surface area contributed by atoms with Crippen molar-refractivity contribution in [1.29, 1.82) is 0 Å². The van der Waals surface area contributed by atoms with Crippen LogP contribution in [0, 0.1) is 5.82 Å². The topological polar surface area (TPSA) is 43.4 Å². The largest absolute Gasteiger partial charge is 0.360 e. The first-order valence-corrected chi connectivity index (χ1v) is 7.33. The summed E-state index contributed by atoms with van der Waals surface area (Å²) in [7, 11) is -3.54. The van der Waals surface area contributed by atoms with Gasteiger partial charge < -0.3 is 4.74 Å². The number of rotatable bonds is 5. The van der Waals surface area contributed by atoms with E-state index in [1.807, 2.05) is 30.3 Å². The van der Waals surface area contributed by atoms with Crippen LogP contribution < -0.4 is 0 Å². The smallest absolute Gasteiger partial charge is 0.202 e. The Hall–Kier alpha value is -1.72. The molecule has 0 saturated carbocycles. The molecule has 0 N–H and O–H groups in total. The molecule has 2 aromatic rings. The summed E-state index contributed by atoms with van der Waals surface area (Å²) in [6, 6.07) is 14.0. The summed E-state index contributed by atoms with van der Waals surface area (Å²) in [6.07, 6.45) is 0. The van der Waals surface area contributed by atoms with Crippen LogP contribution in [0.5, 0.6) is 0 Å². The Labute approximate surface area is 111 Å². The monoisotopic (exact) mass is 280 g/mol. The van der Waals surface area contributed by atoms with Crippen molar-refractivity contribution in [2.24, 2.45) is 0 Å². The number of ether oxygens (including phenoxy) is 1. The maximum Gasteiger partial charge on any atom is 0.202 e. The number of benzene rings is 2. The van der Waals surface area contributed by atoms with Crippen LogP contribution in [0.2, 0.25) is 0 Å². The van der Waals surface area contributed by atoms with Gasteiger partial charge in [-0.2, -0.15) is 0 Å². The average molecular weight is 280 g/mol. The molecule has 0 fully saturated rings. The van der Waals surface area contributed by atoms with Gasteiger partial charge in [-0.15, -0.1) is 0 Å². The minimum atomic E-state index is -3.54. The Morgan fingerprint density at radius 3 is 2.21 bits per heavy atom. The predicted octanol–water partition coefficient (Wildman–Crippen LogP) is 2.77. The van der Waals surface area contributed by atoms with Crippen molar-refractivity contribution in [3.8, 4) is 0 Å². The van der Waals surface area contributed by atoms with Crippen LogP contribution in [-0.4, -0.2) is 14.4 Å². The van der Waals surface area contributed by atoms with Gasteiger partial charge in [-0.1, -0.05) is 30.3 Å². The highest BCUT2D eigenvalue weighted by Gasteiger charge is 2.14. The Kier molecular flexibility index (Phi) is 4.29. The first-order valence-electron chi connectivity index (χ1n) is 5.68. The summed E-state index contributed by atoms with van der Waals surface area (Å²) in [4.78, 5) is 0.0574. The third-order valence-electron chi connectivity index (χ3n) is 2.52. The van der Waals surface area contributed by atoms with Gasteiger partial charge in [-0.05, 0) is 29.8 Å². The van der Waals surface area contributed by atoms with Crippen LogP contribution >= 0.6 is 0 Å². The maximum absolute atomic E-state index is 12.7. The highest BCUT2D eigenvalue weighted by molar-refractivity contribution is 7.91. The van der Waals surface area contributed by atoms with Crippen LogP contribution in [0.1, 0.15) is 5.56 Å². The van der Waals surface area contributed by atoms with Crippen LogP contribution in [-0.2, 0) is 21.2 Å². The number of hydrogen-bond donors (Lipinski definition) is 0. The number of sulfone groups is 1. The van der Waals surface area contributed by atoms with Gasteiger partial charge in [0.1, 0.15) is 5.82 Å². The fourth-order valence-electron chi connectivity index (χ4n) is 1.55. The van der Waals surface area contributed by atoms with E-state index in [2.05, 4.69) is 0 Å². The molecule has 0 radical (unpaired) electrons. The highest BCUT2D eigenvalue weighted by atomic mass is 32.2. The lowest BCUT2D eigenvalue weighted by atomic mass is 10.2. The third kappa shape index (κ3) is 3.87. The summed E-state index contributed by atoms with van der Waals surface area (Å²) in [5.41, 5.74) is 0.900. The molecule has 0 aliphatic carbocycles. The van der Waals surface area contributed by atoms with E-state index in [0.717, 1.165) is 17.7 Å². The van der Waals surface area contributed by atoms with Crippen LogP contribution in [0.4, 0.5) is 4.39 Å². The SMILES string of the molecule is O=S(=O)(COCc1ccccc1)c1ccc(F)cc1. The van der Waals surface area contributed by atoms with E-state index in [0.29, 0.717) is 0 Å². The molecule has 0 aliphatic rings. The maximum atomic E-state index is 12.7. The Balaban J connectivity index is 1.97. The molecule has 3 nitrogen and oxygen atoms in total. The van der Waals surface area contributed by atoms with Gasteiger partial charge in [-0.3, -0.25) is 0 Å². The van der Waals surface area contributed by atoms with E-state index in [1.54, 1.807) is 0 Å². The minimum absolute atomic E-state index is 0.0574. The fourth-order valence-corrected chi connectivity index (χ4v) is 2.54. The first kappa shape index (κ1) is 13.7. The van der Waals surface area contributed by atoms with Crippen LogP contribution in [0.25, 0.3) is 0 Å². The molecule has 0 bridgehead atoms. The molecule has 0 spiro atoms. The van der Waals surface area contributed by atoms with Crippen molar-refractivity contribution < 1.29 is 17.5 Å². The van der Waals surface area contributed by atoms with Crippen molar-refractivity contribution in [3.05, 3.63) is 66.0 Å². The predicted molar refractivity (Wildman–Crippen MR) is 69.7 cm³/mol. The normalized spacial score (nSPS) is 11.4.